The Morgan fingerprint density at radius 1 is 1.27 bits per heavy atom. The van der Waals surface area contributed by atoms with Gasteiger partial charge in [-0.05, 0) is 49.9 Å². The standard InChI is InChI=1S/C20H27F2NO3/c1-2-14-3-5-15(6-4-14)20(18(24)25,16-7-10-19(21,22)13-16)26-17-8-11-23-12-9-17/h3-6,16-17,23H,2,7-13H2,1H3,(H,24,25)/t16-,20+/m1/s1. The minimum absolute atomic E-state index is 0.153. The highest BCUT2D eigenvalue weighted by atomic mass is 19.3. The molecule has 0 aromatic heterocycles. The first-order chi connectivity index (χ1) is 12.4. The summed E-state index contributed by atoms with van der Waals surface area (Å²) in [5.41, 5.74) is -0.163. The average Bonchev–Trinajstić information content (AvgIpc) is 3.00. The van der Waals surface area contributed by atoms with Crippen LogP contribution < -0.4 is 5.32 Å². The number of carbonyl (C=O) groups is 1. The fourth-order valence-corrected chi connectivity index (χ4v) is 4.21. The van der Waals surface area contributed by atoms with Crippen molar-refractivity contribution < 1.29 is 23.4 Å². The van der Waals surface area contributed by atoms with Crippen LogP contribution in [0.5, 0.6) is 0 Å². The molecule has 1 heterocycles. The van der Waals surface area contributed by atoms with Crippen LogP contribution in [0.3, 0.4) is 0 Å². The smallest absolute Gasteiger partial charge is 0.340 e. The number of carboxylic acid groups (broad SMARTS) is 1. The zero-order chi connectivity index (χ0) is 18.8. The molecule has 4 nitrogen and oxygen atoms in total. The topological polar surface area (TPSA) is 58.6 Å². The van der Waals surface area contributed by atoms with Gasteiger partial charge in [0.05, 0.1) is 6.10 Å². The first-order valence-electron chi connectivity index (χ1n) is 9.46. The number of aliphatic carboxylic acids is 1. The summed E-state index contributed by atoms with van der Waals surface area (Å²) in [6.07, 6.45) is 1.38. The van der Waals surface area contributed by atoms with E-state index in [4.69, 9.17) is 4.74 Å². The molecule has 26 heavy (non-hydrogen) atoms. The molecule has 1 aliphatic heterocycles. The van der Waals surface area contributed by atoms with E-state index in [1.54, 1.807) is 12.1 Å². The molecule has 0 amide bonds. The maximum atomic E-state index is 13.9. The van der Waals surface area contributed by atoms with E-state index in [9.17, 15) is 18.7 Å². The number of hydrogen-bond donors (Lipinski definition) is 2. The third kappa shape index (κ3) is 3.76. The maximum Gasteiger partial charge on any atom is 0.340 e. The van der Waals surface area contributed by atoms with Crippen LogP contribution in [0, 0.1) is 5.92 Å². The van der Waals surface area contributed by atoms with E-state index in [1.165, 1.54) is 0 Å². The van der Waals surface area contributed by atoms with Crippen molar-refractivity contribution in [2.24, 2.45) is 5.92 Å². The van der Waals surface area contributed by atoms with Crippen LogP contribution in [0.1, 0.15) is 50.2 Å². The van der Waals surface area contributed by atoms with Gasteiger partial charge in [-0.2, -0.15) is 0 Å². The van der Waals surface area contributed by atoms with E-state index >= 15 is 0 Å². The molecular formula is C20H27F2NO3. The van der Waals surface area contributed by atoms with Crippen molar-refractivity contribution in [2.75, 3.05) is 13.1 Å². The van der Waals surface area contributed by atoms with Gasteiger partial charge in [-0.3, -0.25) is 0 Å². The molecule has 1 aromatic carbocycles. The van der Waals surface area contributed by atoms with Gasteiger partial charge < -0.3 is 15.2 Å². The van der Waals surface area contributed by atoms with E-state index in [-0.39, 0.29) is 18.9 Å². The van der Waals surface area contributed by atoms with Crippen molar-refractivity contribution in [3.05, 3.63) is 35.4 Å². The maximum absolute atomic E-state index is 13.9. The number of halogens is 2. The molecule has 2 fully saturated rings. The number of alkyl halides is 2. The summed E-state index contributed by atoms with van der Waals surface area (Å²) in [7, 11) is 0. The summed E-state index contributed by atoms with van der Waals surface area (Å²) in [5.74, 6) is -4.73. The minimum Gasteiger partial charge on any atom is -0.479 e. The first-order valence-corrected chi connectivity index (χ1v) is 9.46. The monoisotopic (exact) mass is 367 g/mol. The third-order valence-electron chi connectivity index (χ3n) is 5.73. The lowest BCUT2D eigenvalue weighted by Crippen LogP contribution is -2.49. The Balaban J connectivity index is 2.00. The van der Waals surface area contributed by atoms with E-state index < -0.39 is 29.8 Å². The Morgan fingerprint density at radius 3 is 2.42 bits per heavy atom. The molecule has 1 saturated carbocycles. The predicted molar refractivity (Wildman–Crippen MR) is 94.4 cm³/mol. The third-order valence-corrected chi connectivity index (χ3v) is 5.73. The van der Waals surface area contributed by atoms with Crippen molar-refractivity contribution in [1.82, 2.24) is 5.32 Å². The summed E-state index contributed by atoms with van der Waals surface area (Å²) in [4.78, 5) is 12.5. The van der Waals surface area contributed by atoms with Gasteiger partial charge in [0.1, 0.15) is 0 Å². The molecule has 6 heteroatoms. The number of aryl methyl sites for hydroxylation is 1. The quantitative estimate of drug-likeness (QED) is 0.804. The summed E-state index contributed by atoms with van der Waals surface area (Å²) < 4.78 is 34.1. The van der Waals surface area contributed by atoms with E-state index in [0.717, 1.165) is 25.1 Å². The molecule has 2 N–H and O–H groups in total. The molecule has 0 radical (unpaired) electrons. The number of hydrogen-bond acceptors (Lipinski definition) is 3. The molecule has 0 spiro atoms. The van der Waals surface area contributed by atoms with Crippen LogP contribution in [0.15, 0.2) is 24.3 Å². The molecular weight excluding hydrogens is 340 g/mol. The molecule has 1 saturated heterocycles. The van der Waals surface area contributed by atoms with Gasteiger partial charge in [0.25, 0.3) is 0 Å². The minimum atomic E-state index is -2.83. The molecule has 3 rings (SSSR count). The Hall–Kier alpha value is -1.53. The van der Waals surface area contributed by atoms with Crippen LogP contribution in [0.25, 0.3) is 0 Å². The number of benzene rings is 1. The second-order valence-corrected chi connectivity index (χ2v) is 7.45. The molecule has 1 aromatic rings. The highest BCUT2D eigenvalue weighted by molar-refractivity contribution is 5.80. The Labute approximate surface area is 152 Å². The van der Waals surface area contributed by atoms with Gasteiger partial charge in [-0.25, -0.2) is 13.6 Å². The van der Waals surface area contributed by atoms with Crippen molar-refractivity contribution >= 4 is 5.97 Å². The van der Waals surface area contributed by atoms with Crippen LogP contribution >= 0.6 is 0 Å². The van der Waals surface area contributed by atoms with E-state index in [2.05, 4.69) is 5.32 Å². The van der Waals surface area contributed by atoms with E-state index in [1.807, 2.05) is 19.1 Å². The highest BCUT2D eigenvalue weighted by Gasteiger charge is 2.56. The molecule has 144 valence electrons. The molecule has 2 atom stereocenters. The van der Waals surface area contributed by atoms with Crippen molar-refractivity contribution in [1.29, 1.82) is 0 Å². The zero-order valence-electron chi connectivity index (χ0n) is 15.1. The van der Waals surface area contributed by atoms with Crippen LogP contribution in [0.2, 0.25) is 0 Å². The molecule has 0 bridgehead atoms. The Morgan fingerprint density at radius 2 is 1.92 bits per heavy atom. The van der Waals surface area contributed by atoms with Gasteiger partial charge >= 0.3 is 5.97 Å². The number of ether oxygens (including phenoxy) is 1. The SMILES string of the molecule is CCc1ccc([C@@](OC2CCNCC2)(C(=O)O)[C@@H]2CCC(F)(F)C2)cc1. The lowest BCUT2D eigenvalue weighted by atomic mass is 9.79. The van der Waals surface area contributed by atoms with Gasteiger partial charge in [-0.15, -0.1) is 0 Å². The highest BCUT2D eigenvalue weighted by Crippen LogP contribution is 2.50. The number of carboxylic acids is 1. The second kappa shape index (κ2) is 7.61. The lowest BCUT2D eigenvalue weighted by Gasteiger charge is -2.40. The van der Waals surface area contributed by atoms with Crippen LogP contribution in [-0.4, -0.2) is 36.2 Å². The Kier molecular flexibility index (Phi) is 5.63. The molecule has 1 aliphatic carbocycles. The largest absolute Gasteiger partial charge is 0.479 e. The van der Waals surface area contributed by atoms with Crippen LogP contribution in [0.4, 0.5) is 8.78 Å². The summed E-state index contributed by atoms with van der Waals surface area (Å²) in [6.45, 7) is 3.51. The summed E-state index contributed by atoms with van der Waals surface area (Å²) in [5, 5.41) is 13.4. The van der Waals surface area contributed by atoms with Crippen LogP contribution in [-0.2, 0) is 21.6 Å². The van der Waals surface area contributed by atoms with Gasteiger partial charge in [0, 0.05) is 18.8 Å². The average molecular weight is 367 g/mol. The fourth-order valence-electron chi connectivity index (χ4n) is 4.21. The Bertz CT molecular complexity index is 628. The van der Waals surface area contributed by atoms with Crippen molar-refractivity contribution in [2.45, 2.75) is 63.1 Å². The van der Waals surface area contributed by atoms with Crippen molar-refractivity contribution in [3.8, 4) is 0 Å². The summed E-state index contributed by atoms with van der Waals surface area (Å²) in [6, 6.07) is 7.22. The summed E-state index contributed by atoms with van der Waals surface area (Å²) >= 11 is 0. The molecule has 2 aliphatic rings. The normalized spacial score (nSPS) is 25.7. The van der Waals surface area contributed by atoms with E-state index in [0.29, 0.717) is 18.4 Å². The lowest BCUT2D eigenvalue weighted by molar-refractivity contribution is -0.192. The first kappa shape index (κ1) is 19.2. The zero-order valence-corrected chi connectivity index (χ0v) is 15.1. The second-order valence-electron chi connectivity index (χ2n) is 7.45. The number of piperidine rings is 1. The number of nitrogens with one attached hydrogen (secondary N) is 1. The fraction of sp³-hybridized carbons (Fsp3) is 0.650. The van der Waals surface area contributed by atoms with Crippen molar-refractivity contribution in [3.63, 3.8) is 0 Å². The predicted octanol–water partition coefficient (Wildman–Crippen LogP) is 3.73. The van der Waals surface area contributed by atoms with Gasteiger partial charge in [0.15, 0.2) is 5.60 Å². The van der Waals surface area contributed by atoms with Gasteiger partial charge in [-0.1, -0.05) is 31.2 Å². The van der Waals surface area contributed by atoms with Gasteiger partial charge in [0.2, 0.25) is 5.92 Å². The number of rotatable bonds is 6. The molecule has 0 unspecified atom stereocenters.